The molecule has 2 aromatic heterocycles. The average molecular weight is 450 g/mol. The Bertz CT molecular complexity index is 1150. The molecule has 0 unspecified atom stereocenters. The zero-order valence-corrected chi connectivity index (χ0v) is 18.7. The second-order valence-corrected chi connectivity index (χ2v) is 9.87. The minimum atomic E-state index is -4.41. The Morgan fingerprint density at radius 2 is 2.10 bits per heavy atom. The number of fused-ring (bicyclic) bond motifs is 3. The van der Waals surface area contributed by atoms with Crippen LogP contribution in [0.5, 0.6) is 0 Å². The maximum absolute atomic E-state index is 13.2. The van der Waals surface area contributed by atoms with Crippen LogP contribution in [0.3, 0.4) is 0 Å². The van der Waals surface area contributed by atoms with E-state index in [4.69, 9.17) is 0 Å². The molecule has 0 bridgehead atoms. The van der Waals surface area contributed by atoms with Gasteiger partial charge in [0.2, 0.25) is 0 Å². The van der Waals surface area contributed by atoms with Crippen LogP contribution in [-0.2, 0) is 25.6 Å². The zero-order chi connectivity index (χ0) is 22.3. The highest BCUT2D eigenvalue weighted by Gasteiger charge is 2.30. The van der Waals surface area contributed by atoms with Gasteiger partial charge in [0.25, 0.3) is 5.56 Å². The van der Waals surface area contributed by atoms with Gasteiger partial charge in [0.15, 0.2) is 0 Å². The Hall–Kier alpha value is -2.19. The van der Waals surface area contributed by atoms with Crippen molar-refractivity contribution < 1.29 is 13.2 Å². The maximum Gasteiger partial charge on any atom is 0.416 e. The second kappa shape index (κ2) is 8.39. The predicted molar refractivity (Wildman–Crippen MR) is 118 cm³/mol. The van der Waals surface area contributed by atoms with E-state index in [0.29, 0.717) is 22.9 Å². The molecule has 0 fully saturated rings. The van der Waals surface area contributed by atoms with Gasteiger partial charge >= 0.3 is 6.18 Å². The van der Waals surface area contributed by atoms with Crippen LogP contribution in [0.4, 0.5) is 13.2 Å². The SMILES string of the molecule is CC(C)CN(C)[C@H]1CCc2c(sc3ncn(Cc4cccc(C(F)(F)F)c4)c(=O)c23)C1. The number of aryl methyl sites for hydroxylation is 1. The van der Waals surface area contributed by atoms with Gasteiger partial charge in [-0.3, -0.25) is 9.36 Å². The van der Waals surface area contributed by atoms with Gasteiger partial charge in [-0.1, -0.05) is 26.0 Å². The Morgan fingerprint density at radius 1 is 1.32 bits per heavy atom. The Labute approximate surface area is 183 Å². The van der Waals surface area contributed by atoms with Crippen LogP contribution in [0.25, 0.3) is 10.2 Å². The fraction of sp³-hybridized carbons (Fsp3) is 0.478. The molecular formula is C23H26F3N3OS. The number of halogens is 3. The fourth-order valence-corrected chi connectivity index (χ4v) is 5.69. The van der Waals surface area contributed by atoms with Gasteiger partial charge in [-0.05, 0) is 55.5 Å². The minimum Gasteiger partial charge on any atom is -0.303 e. The quantitative estimate of drug-likeness (QED) is 0.552. The van der Waals surface area contributed by atoms with E-state index in [9.17, 15) is 18.0 Å². The molecule has 31 heavy (non-hydrogen) atoms. The van der Waals surface area contributed by atoms with E-state index < -0.39 is 11.7 Å². The number of aromatic nitrogens is 2. The highest BCUT2D eigenvalue weighted by Crippen LogP contribution is 2.35. The molecule has 2 heterocycles. The van der Waals surface area contributed by atoms with Crippen molar-refractivity contribution in [2.45, 2.75) is 51.9 Å². The highest BCUT2D eigenvalue weighted by atomic mass is 32.1. The van der Waals surface area contributed by atoms with E-state index in [-0.39, 0.29) is 12.1 Å². The number of alkyl halides is 3. The third-order valence-corrected chi connectivity index (χ3v) is 7.06. The fourth-order valence-electron chi connectivity index (χ4n) is 4.44. The van der Waals surface area contributed by atoms with Gasteiger partial charge in [-0.15, -0.1) is 11.3 Å². The summed E-state index contributed by atoms with van der Waals surface area (Å²) in [5, 5.41) is 0.638. The maximum atomic E-state index is 13.2. The summed E-state index contributed by atoms with van der Waals surface area (Å²) in [5.41, 5.74) is 0.619. The van der Waals surface area contributed by atoms with Crippen molar-refractivity contribution in [3.8, 4) is 0 Å². The van der Waals surface area contributed by atoms with Gasteiger partial charge in [0.1, 0.15) is 4.83 Å². The number of nitrogens with zero attached hydrogens (tertiary/aromatic N) is 3. The summed E-state index contributed by atoms with van der Waals surface area (Å²) in [6.45, 7) is 5.52. The van der Waals surface area contributed by atoms with Crippen LogP contribution >= 0.6 is 11.3 Å². The molecule has 0 saturated carbocycles. The molecule has 4 rings (SSSR count). The van der Waals surface area contributed by atoms with Crippen molar-refractivity contribution in [3.63, 3.8) is 0 Å². The summed E-state index contributed by atoms with van der Waals surface area (Å²) in [4.78, 5) is 22.0. The van der Waals surface area contributed by atoms with Crippen LogP contribution in [-0.4, -0.2) is 34.1 Å². The summed E-state index contributed by atoms with van der Waals surface area (Å²) >= 11 is 1.57. The molecule has 1 aliphatic carbocycles. The number of hydrogen-bond donors (Lipinski definition) is 0. The minimum absolute atomic E-state index is 0.0655. The van der Waals surface area contributed by atoms with Crippen LogP contribution in [0.1, 0.15) is 41.8 Å². The van der Waals surface area contributed by atoms with E-state index in [2.05, 4.69) is 30.8 Å². The Morgan fingerprint density at radius 3 is 2.81 bits per heavy atom. The number of rotatable bonds is 5. The van der Waals surface area contributed by atoms with Crippen LogP contribution in [0.2, 0.25) is 0 Å². The van der Waals surface area contributed by atoms with Gasteiger partial charge in [-0.2, -0.15) is 13.2 Å². The van der Waals surface area contributed by atoms with E-state index in [1.165, 1.54) is 21.8 Å². The summed E-state index contributed by atoms with van der Waals surface area (Å²) in [7, 11) is 2.16. The van der Waals surface area contributed by atoms with Crippen molar-refractivity contribution in [1.82, 2.24) is 14.5 Å². The van der Waals surface area contributed by atoms with Crippen molar-refractivity contribution in [3.05, 3.63) is 62.5 Å². The van der Waals surface area contributed by atoms with Crippen LogP contribution < -0.4 is 5.56 Å². The van der Waals surface area contributed by atoms with E-state index in [0.717, 1.165) is 48.3 Å². The molecule has 1 aromatic carbocycles. The molecule has 4 nitrogen and oxygen atoms in total. The number of likely N-dealkylation sites (N-methyl/N-ethyl adjacent to an activating group) is 1. The van der Waals surface area contributed by atoms with Crippen LogP contribution in [0.15, 0.2) is 35.4 Å². The molecule has 0 amide bonds. The Balaban J connectivity index is 1.63. The van der Waals surface area contributed by atoms with Gasteiger partial charge in [-0.25, -0.2) is 4.98 Å². The summed E-state index contributed by atoms with van der Waals surface area (Å²) in [5.74, 6) is 0.596. The Kier molecular flexibility index (Phi) is 5.96. The molecule has 8 heteroatoms. The summed E-state index contributed by atoms with van der Waals surface area (Å²) in [6, 6.07) is 5.56. The van der Waals surface area contributed by atoms with Gasteiger partial charge in [0, 0.05) is 17.5 Å². The van der Waals surface area contributed by atoms with E-state index in [1.54, 1.807) is 17.4 Å². The normalized spacial score (nSPS) is 17.0. The first-order valence-corrected chi connectivity index (χ1v) is 11.3. The monoisotopic (exact) mass is 449 g/mol. The highest BCUT2D eigenvalue weighted by molar-refractivity contribution is 7.18. The van der Waals surface area contributed by atoms with Crippen molar-refractivity contribution in [1.29, 1.82) is 0 Å². The van der Waals surface area contributed by atoms with Gasteiger partial charge < -0.3 is 4.90 Å². The topological polar surface area (TPSA) is 38.1 Å². The van der Waals surface area contributed by atoms with Gasteiger partial charge in [0.05, 0.1) is 23.8 Å². The number of benzene rings is 1. The largest absolute Gasteiger partial charge is 0.416 e. The zero-order valence-electron chi connectivity index (χ0n) is 17.9. The standard InChI is InChI=1S/C23H26F3N3OS/c1-14(2)11-28(3)17-7-8-18-19(10-17)31-21-20(18)22(30)29(13-27-21)12-15-5-4-6-16(9-15)23(24,25)26/h4-6,9,13-14,17H,7-8,10-12H2,1-3H3/t17-/m0/s1. The lowest BCUT2D eigenvalue weighted by molar-refractivity contribution is -0.137. The first-order chi connectivity index (χ1) is 14.6. The lowest BCUT2D eigenvalue weighted by Gasteiger charge is -2.32. The first kappa shape index (κ1) is 22.0. The summed E-state index contributed by atoms with van der Waals surface area (Å²) < 4.78 is 40.5. The molecule has 0 radical (unpaired) electrons. The molecule has 0 saturated heterocycles. The predicted octanol–water partition coefficient (Wildman–Crippen LogP) is 4.97. The smallest absolute Gasteiger partial charge is 0.303 e. The summed E-state index contributed by atoms with van der Waals surface area (Å²) in [6.07, 6.45) is -0.228. The molecule has 1 atom stereocenters. The second-order valence-electron chi connectivity index (χ2n) is 8.79. The van der Waals surface area contributed by atoms with Crippen LogP contribution in [0, 0.1) is 5.92 Å². The van der Waals surface area contributed by atoms with Crippen molar-refractivity contribution in [2.75, 3.05) is 13.6 Å². The molecule has 1 aliphatic rings. The molecule has 3 aromatic rings. The lowest BCUT2D eigenvalue weighted by Crippen LogP contribution is -2.38. The molecule has 166 valence electrons. The van der Waals surface area contributed by atoms with Crippen molar-refractivity contribution >= 4 is 21.6 Å². The van der Waals surface area contributed by atoms with E-state index in [1.807, 2.05) is 0 Å². The molecule has 0 spiro atoms. The van der Waals surface area contributed by atoms with E-state index >= 15 is 0 Å². The first-order valence-electron chi connectivity index (χ1n) is 10.5. The molecule has 0 N–H and O–H groups in total. The average Bonchev–Trinajstić information content (AvgIpc) is 3.07. The third-order valence-electron chi connectivity index (χ3n) is 5.89. The molecular weight excluding hydrogens is 423 g/mol. The number of hydrogen-bond acceptors (Lipinski definition) is 4. The van der Waals surface area contributed by atoms with Crippen molar-refractivity contribution in [2.24, 2.45) is 5.92 Å². The number of thiophene rings is 1. The third kappa shape index (κ3) is 4.55. The lowest BCUT2D eigenvalue weighted by atomic mass is 9.92. The molecule has 0 aliphatic heterocycles.